The monoisotopic (exact) mass is 324 g/mol. The van der Waals surface area contributed by atoms with Gasteiger partial charge in [0.2, 0.25) is 0 Å². The first kappa shape index (κ1) is 22.5. The van der Waals surface area contributed by atoms with Gasteiger partial charge in [0.25, 0.3) is 0 Å². The molecule has 0 rings (SSSR count). The molecule has 0 aromatic heterocycles. The van der Waals surface area contributed by atoms with E-state index in [2.05, 4.69) is 20.4 Å². The fourth-order valence-corrected chi connectivity index (χ4v) is 2.98. The lowest BCUT2D eigenvalue weighted by atomic mass is 10.1. The Morgan fingerprint density at radius 2 is 0.957 bits per heavy atom. The van der Waals surface area contributed by atoms with Crippen LogP contribution in [0.1, 0.15) is 123 Å². The van der Waals surface area contributed by atoms with Gasteiger partial charge in [-0.15, -0.1) is 0 Å². The number of rotatable bonds is 19. The number of hydrogen-bond acceptors (Lipinski definition) is 1. The van der Waals surface area contributed by atoms with Gasteiger partial charge in [-0.1, -0.05) is 110 Å². The molecule has 0 amide bonds. The van der Waals surface area contributed by atoms with Gasteiger partial charge in [0, 0.05) is 6.42 Å². The van der Waals surface area contributed by atoms with E-state index in [0.29, 0.717) is 0 Å². The highest BCUT2D eigenvalue weighted by Gasteiger charge is 1.97. The molecule has 0 aromatic rings. The van der Waals surface area contributed by atoms with Crippen LogP contribution in [-0.4, -0.2) is 6.61 Å². The van der Waals surface area contributed by atoms with Gasteiger partial charge in [0.05, 0.1) is 12.4 Å². The van der Waals surface area contributed by atoms with Gasteiger partial charge in [0.1, 0.15) is 0 Å². The molecule has 0 aromatic carbocycles. The lowest BCUT2D eigenvalue weighted by Gasteiger charge is -2.09. The first-order valence-corrected chi connectivity index (χ1v) is 10.6. The molecule has 0 saturated heterocycles. The van der Waals surface area contributed by atoms with E-state index < -0.39 is 0 Å². The first-order valence-electron chi connectivity index (χ1n) is 10.6. The number of ether oxygens (including phenoxy) is 1. The smallest absolute Gasteiger partial charge is 0.0888 e. The van der Waals surface area contributed by atoms with Crippen molar-refractivity contribution in [2.45, 2.75) is 123 Å². The fraction of sp³-hybridized carbons (Fsp3) is 0.909. The maximum Gasteiger partial charge on any atom is 0.0888 e. The summed E-state index contributed by atoms with van der Waals surface area (Å²) in [5.41, 5.74) is 0. The minimum Gasteiger partial charge on any atom is -0.499 e. The van der Waals surface area contributed by atoms with Gasteiger partial charge in [-0.25, -0.2) is 0 Å². The van der Waals surface area contributed by atoms with Gasteiger partial charge < -0.3 is 4.74 Å². The average Bonchev–Trinajstić information content (AvgIpc) is 2.55. The third-order valence-corrected chi connectivity index (χ3v) is 4.61. The van der Waals surface area contributed by atoms with E-state index in [9.17, 15) is 0 Å². The van der Waals surface area contributed by atoms with Crippen LogP contribution in [-0.2, 0) is 4.74 Å². The Bertz CT molecular complexity index is 234. The van der Waals surface area contributed by atoms with E-state index >= 15 is 0 Å². The van der Waals surface area contributed by atoms with E-state index in [-0.39, 0.29) is 0 Å². The third kappa shape index (κ3) is 19.5. The third-order valence-electron chi connectivity index (χ3n) is 4.61. The zero-order valence-electron chi connectivity index (χ0n) is 16.3. The molecule has 0 radical (unpaired) electrons. The SMILES string of the molecule is C=C(CCCCCCCCCCCC)OCCCCCCCC. The molecule has 1 heteroatoms. The average molecular weight is 325 g/mol. The molecule has 0 fully saturated rings. The molecule has 0 atom stereocenters. The van der Waals surface area contributed by atoms with Gasteiger partial charge in [-0.3, -0.25) is 0 Å². The summed E-state index contributed by atoms with van der Waals surface area (Å²) in [6, 6.07) is 0. The van der Waals surface area contributed by atoms with Crippen molar-refractivity contribution < 1.29 is 4.74 Å². The zero-order valence-corrected chi connectivity index (χ0v) is 16.3. The molecule has 0 aliphatic rings. The van der Waals surface area contributed by atoms with Crippen molar-refractivity contribution in [3.63, 3.8) is 0 Å². The van der Waals surface area contributed by atoms with Crippen LogP contribution in [0.25, 0.3) is 0 Å². The van der Waals surface area contributed by atoms with Crippen LogP contribution in [0.4, 0.5) is 0 Å². The lowest BCUT2D eigenvalue weighted by Crippen LogP contribution is -1.95. The van der Waals surface area contributed by atoms with Crippen LogP contribution in [0.15, 0.2) is 12.3 Å². The summed E-state index contributed by atoms with van der Waals surface area (Å²) in [4.78, 5) is 0. The van der Waals surface area contributed by atoms with Gasteiger partial charge in [-0.05, 0) is 12.8 Å². The van der Waals surface area contributed by atoms with Crippen molar-refractivity contribution in [3.8, 4) is 0 Å². The predicted octanol–water partition coefficient (Wildman–Crippen LogP) is 8.19. The van der Waals surface area contributed by atoms with Crippen LogP contribution in [0.5, 0.6) is 0 Å². The Balaban J connectivity index is 3.13. The molecule has 0 bridgehead atoms. The Morgan fingerprint density at radius 3 is 1.43 bits per heavy atom. The van der Waals surface area contributed by atoms with E-state index in [1.54, 1.807) is 0 Å². The van der Waals surface area contributed by atoms with Crippen LogP contribution < -0.4 is 0 Å². The number of allylic oxidation sites excluding steroid dienone is 1. The van der Waals surface area contributed by atoms with Gasteiger partial charge >= 0.3 is 0 Å². The molecular formula is C22H44O. The minimum atomic E-state index is 0.878. The predicted molar refractivity (Wildman–Crippen MR) is 105 cm³/mol. The quantitative estimate of drug-likeness (QED) is 0.172. The Labute approximate surface area is 147 Å². The number of hydrogen-bond donors (Lipinski definition) is 0. The molecule has 138 valence electrons. The normalized spacial score (nSPS) is 10.9. The summed E-state index contributed by atoms with van der Waals surface area (Å²) >= 11 is 0. The Kier molecular flexibility index (Phi) is 19.2. The summed E-state index contributed by atoms with van der Waals surface area (Å²) in [6.45, 7) is 9.48. The zero-order chi connectivity index (χ0) is 17.0. The van der Waals surface area contributed by atoms with E-state index in [1.165, 1.54) is 103 Å². The van der Waals surface area contributed by atoms with Crippen molar-refractivity contribution in [1.82, 2.24) is 0 Å². The number of unbranched alkanes of at least 4 members (excludes halogenated alkanes) is 14. The summed E-state index contributed by atoms with van der Waals surface area (Å²) in [5, 5.41) is 0. The molecule has 0 aliphatic heterocycles. The maximum absolute atomic E-state index is 5.74. The standard InChI is InChI=1S/C22H44O/c1-4-6-8-10-12-13-14-15-16-18-20-22(3)23-21-19-17-11-9-7-5-2/h3-21H2,1-2H3. The highest BCUT2D eigenvalue weighted by atomic mass is 16.5. The topological polar surface area (TPSA) is 9.23 Å². The second kappa shape index (κ2) is 19.6. The van der Waals surface area contributed by atoms with E-state index in [1.807, 2.05) is 0 Å². The second-order valence-electron chi connectivity index (χ2n) is 7.09. The molecule has 0 spiro atoms. The minimum absolute atomic E-state index is 0.878. The van der Waals surface area contributed by atoms with Crippen molar-refractivity contribution in [2.24, 2.45) is 0 Å². The highest BCUT2D eigenvalue weighted by Crippen LogP contribution is 2.14. The maximum atomic E-state index is 5.74. The summed E-state index contributed by atoms with van der Waals surface area (Å²) in [7, 11) is 0. The van der Waals surface area contributed by atoms with Crippen LogP contribution in [0, 0.1) is 0 Å². The van der Waals surface area contributed by atoms with Gasteiger partial charge in [-0.2, -0.15) is 0 Å². The summed E-state index contributed by atoms with van der Waals surface area (Å²) in [6.07, 6.45) is 22.9. The van der Waals surface area contributed by atoms with Crippen LogP contribution >= 0.6 is 0 Å². The first-order chi connectivity index (χ1) is 11.3. The molecular weight excluding hydrogens is 280 g/mol. The molecule has 0 saturated carbocycles. The molecule has 23 heavy (non-hydrogen) atoms. The molecule has 0 N–H and O–H groups in total. The second-order valence-corrected chi connectivity index (χ2v) is 7.09. The molecule has 0 aliphatic carbocycles. The van der Waals surface area contributed by atoms with Crippen molar-refractivity contribution in [2.75, 3.05) is 6.61 Å². The van der Waals surface area contributed by atoms with Crippen molar-refractivity contribution >= 4 is 0 Å². The summed E-state index contributed by atoms with van der Waals surface area (Å²) < 4.78 is 5.74. The molecule has 0 unspecified atom stereocenters. The van der Waals surface area contributed by atoms with Crippen LogP contribution in [0.3, 0.4) is 0 Å². The molecule has 1 nitrogen and oxygen atoms in total. The fourth-order valence-electron chi connectivity index (χ4n) is 2.98. The molecule has 0 heterocycles. The lowest BCUT2D eigenvalue weighted by molar-refractivity contribution is 0.195. The largest absolute Gasteiger partial charge is 0.499 e. The van der Waals surface area contributed by atoms with Crippen LogP contribution in [0.2, 0.25) is 0 Å². The summed E-state index contributed by atoms with van der Waals surface area (Å²) in [5.74, 6) is 1.01. The highest BCUT2D eigenvalue weighted by molar-refractivity contribution is 4.81. The Hall–Kier alpha value is -0.460. The van der Waals surface area contributed by atoms with E-state index in [4.69, 9.17) is 4.74 Å². The van der Waals surface area contributed by atoms with Crippen molar-refractivity contribution in [1.29, 1.82) is 0 Å². The van der Waals surface area contributed by atoms with E-state index in [0.717, 1.165) is 18.8 Å². The van der Waals surface area contributed by atoms with Crippen molar-refractivity contribution in [3.05, 3.63) is 12.3 Å². The van der Waals surface area contributed by atoms with Gasteiger partial charge in [0.15, 0.2) is 0 Å². The Morgan fingerprint density at radius 1 is 0.565 bits per heavy atom.